The molecule has 1 aliphatic heterocycles. The number of rotatable bonds is 11. The van der Waals surface area contributed by atoms with E-state index in [-0.39, 0.29) is 37.0 Å². The van der Waals surface area contributed by atoms with Gasteiger partial charge in [-0.25, -0.2) is 0 Å². The van der Waals surface area contributed by atoms with Crippen LogP contribution in [0.25, 0.3) is 6.08 Å². The van der Waals surface area contributed by atoms with E-state index in [1.807, 2.05) is 0 Å². The van der Waals surface area contributed by atoms with Gasteiger partial charge in [-0.1, -0.05) is 0 Å². The highest BCUT2D eigenvalue weighted by Crippen LogP contribution is 2.39. The predicted molar refractivity (Wildman–Crippen MR) is 121 cm³/mol. The number of carbonyl (C=O) groups excluding carboxylic acids is 2. The number of amides is 1. The summed E-state index contributed by atoms with van der Waals surface area (Å²) in [4.78, 5) is 35.2. The molecule has 10 nitrogen and oxygen atoms in total. The number of nitrogens with one attached hydrogen (secondary N) is 1. The van der Waals surface area contributed by atoms with E-state index < -0.39 is 5.97 Å². The van der Waals surface area contributed by atoms with Gasteiger partial charge in [0, 0.05) is 30.7 Å². The molecule has 180 valence electrons. The molecule has 0 aromatic heterocycles. The smallest absolute Gasteiger partial charge is 0.303 e. The zero-order chi connectivity index (χ0) is 24.7. The molecule has 34 heavy (non-hydrogen) atoms. The number of carbonyl (C=O) groups is 3. The van der Waals surface area contributed by atoms with E-state index >= 15 is 0 Å². The molecule has 2 aromatic carbocycles. The van der Waals surface area contributed by atoms with Gasteiger partial charge >= 0.3 is 5.97 Å². The number of fused-ring (bicyclic) bond motifs is 1. The van der Waals surface area contributed by atoms with Crippen molar-refractivity contribution < 1.29 is 43.2 Å². The Morgan fingerprint density at radius 2 is 1.74 bits per heavy atom. The molecule has 3 rings (SSSR count). The Hall–Kier alpha value is -4.21. The Kier molecular flexibility index (Phi) is 7.96. The van der Waals surface area contributed by atoms with Gasteiger partial charge in [0.25, 0.3) is 5.91 Å². The van der Waals surface area contributed by atoms with Crippen molar-refractivity contribution in [2.75, 3.05) is 34.5 Å². The summed E-state index contributed by atoms with van der Waals surface area (Å²) in [6.07, 6.45) is 1.85. The fourth-order valence-electron chi connectivity index (χ4n) is 3.23. The van der Waals surface area contributed by atoms with Gasteiger partial charge in [0.15, 0.2) is 23.9 Å². The van der Waals surface area contributed by atoms with Crippen LogP contribution in [0, 0.1) is 0 Å². The largest absolute Gasteiger partial charge is 0.496 e. The Labute approximate surface area is 196 Å². The monoisotopic (exact) mass is 471 g/mol. The second kappa shape index (κ2) is 11.1. The quantitative estimate of drug-likeness (QED) is 0.375. The molecule has 0 atom stereocenters. The number of benzene rings is 2. The molecule has 0 fully saturated rings. The van der Waals surface area contributed by atoms with E-state index in [4.69, 9.17) is 28.8 Å². The van der Waals surface area contributed by atoms with Gasteiger partial charge in [-0.05, 0) is 30.7 Å². The lowest BCUT2D eigenvalue weighted by molar-refractivity contribution is -0.137. The van der Waals surface area contributed by atoms with Crippen molar-refractivity contribution >= 4 is 23.7 Å². The van der Waals surface area contributed by atoms with Crippen molar-refractivity contribution in [3.05, 3.63) is 47.2 Å². The van der Waals surface area contributed by atoms with Gasteiger partial charge in [0.1, 0.15) is 17.2 Å². The molecule has 2 N–H and O–H groups in total. The summed E-state index contributed by atoms with van der Waals surface area (Å²) >= 11 is 0. The first-order valence-electron chi connectivity index (χ1n) is 10.4. The summed E-state index contributed by atoms with van der Waals surface area (Å²) in [6, 6.07) is 7.98. The molecule has 1 heterocycles. The van der Waals surface area contributed by atoms with Gasteiger partial charge in [-0.15, -0.1) is 0 Å². The summed E-state index contributed by atoms with van der Waals surface area (Å²) in [5, 5.41) is 11.2. The van der Waals surface area contributed by atoms with Crippen LogP contribution in [0.2, 0.25) is 0 Å². The molecule has 0 bridgehead atoms. The maximum absolute atomic E-state index is 12.8. The van der Waals surface area contributed by atoms with E-state index in [0.717, 1.165) is 0 Å². The summed E-state index contributed by atoms with van der Waals surface area (Å²) in [5.41, 5.74) is 0.920. The van der Waals surface area contributed by atoms with Gasteiger partial charge in [-0.2, -0.15) is 0 Å². The minimum absolute atomic E-state index is 0.0254. The summed E-state index contributed by atoms with van der Waals surface area (Å²) < 4.78 is 27.2. The van der Waals surface area contributed by atoms with Crippen LogP contribution in [0.4, 0.5) is 0 Å². The molecule has 0 saturated heterocycles. The average molecular weight is 471 g/mol. The second-order valence-electron chi connectivity index (χ2n) is 7.18. The predicted octanol–water partition coefficient (Wildman–Crippen LogP) is 2.69. The molecular formula is C24H25NO9. The lowest BCUT2D eigenvalue weighted by Gasteiger charge is -2.12. The van der Waals surface area contributed by atoms with E-state index in [2.05, 4.69) is 5.32 Å². The van der Waals surface area contributed by atoms with Crippen molar-refractivity contribution in [1.82, 2.24) is 5.32 Å². The van der Waals surface area contributed by atoms with Crippen LogP contribution >= 0.6 is 0 Å². The molecule has 0 radical (unpaired) electrons. The van der Waals surface area contributed by atoms with Crippen LogP contribution in [0.5, 0.6) is 28.7 Å². The standard InChI is InChI=1S/C24H25NO9/c1-30-17-12-20(32-3)19(31-2)9-14(17)10-21-24(29)16-7-6-15(11-18(16)34-21)33-13-22(26)25-8-4-5-23(27)28/h6-7,9-12H,4-5,8,13H2,1-3H3,(H,25,26)(H,27,28). The number of ether oxygens (including phenoxy) is 5. The first kappa shape index (κ1) is 24.4. The first-order chi connectivity index (χ1) is 16.4. The van der Waals surface area contributed by atoms with Crippen molar-refractivity contribution in [1.29, 1.82) is 0 Å². The first-order valence-corrected chi connectivity index (χ1v) is 10.4. The van der Waals surface area contributed by atoms with Gasteiger partial charge < -0.3 is 34.1 Å². The normalized spacial score (nSPS) is 13.1. The maximum Gasteiger partial charge on any atom is 0.303 e. The molecule has 1 amide bonds. The fourth-order valence-corrected chi connectivity index (χ4v) is 3.23. The molecule has 0 spiro atoms. The van der Waals surface area contributed by atoms with E-state index in [1.165, 1.54) is 27.4 Å². The fraction of sp³-hybridized carbons (Fsp3) is 0.292. The number of allylic oxidation sites excluding steroid dienone is 1. The molecule has 0 unspecified atom stereocenters. The molecule has 1 aliphatic rings. The van der Waals surface area contributed by atoms with E-state index in [1.54, 1.807) is 30.3 Å². The minimum Gasteiger partial charge on any atom is -0.496 e. The molecule has 0 aliphatic carbocycles. The number of Topliss-reactive ketones (excluding diaryl/α,β-unsaturated/α-hetero) is 1. The number of ketones is 1. The SMILES string of the molecule is COc1cc(OC)c(OC)cc1C=C1Oc2cc(OCC(=O)NCCCC(=O)O)ccc2C1=O. The zero-order valence-corrected chi connectivity index (χ0v) is 19.0. The van der Waals surface area contributed by atoms with Crippen molar-refractivity contribution in [3.63, 3.8) is 0 Å². The van der Waals surface area contributed by atoms with Crippen molar-refractivity contribution in [2.45, 2.75) is 12.8 Å². The minimum atomic E-state index is -0.920. The Bertz CT molecular complexity index is 1120. The molecule has 2 aromatic rings. The molecule has 0 saturated carbocycles. The maximum atomic E-state index is 12.8. The third kappa shape index (κ3) is 5.77. The average Bonchev–Trinajstić information content (AvgIpc) is 3.14. The second-order valence-corrected chi connectivity index (χ2v) is 7.18. The summed E-state index contributed by atoms with van der Waals surface area (Å²) in [7, 11) is 4.52. The number of carboxylic acid groups (broad SMARTS) is 1. The number of methoxy groups -OCH3 is 3. The summed E-state index contributed by atoms with van der Waals surface area (Å²) in [6.45, 7) is -0.0185. The highest BCUT2D eigenvalue weighted by Gasteiger charge is 2.28. The topological polar surface area (TPSA) is 130 Å². The van der Waals surface area contributed by atoms with Crippen molar-refractivity contribution in [2.24, 2.45) is 0 Å². The zero-order valence-electron chi connectivity index (χ0n) is 19.0. The van der Waals surface area contributed by atoms with Crippen LogP contribution in [0.3, 0.4) is 0 Å². The lowest BCUT2D eigenvalue weighted by atomic mass is 10.1. The molecular weight excluding hydrogens is 446 g/mol. The number of aliphatic carboxylic acids is 1. The van der Waals surface area contributed by atoms with Crippen LogP contribution in [0.15, 0.2) is 36.1 Å². The van der Waals surface area contributed by atoms with E-state index in [0.29, 0.717) is 46.3 Å². The Balaban J connectivity index is 1.69. The van der Waals surface area contributed by atoms with Gasteiger partial charge in [0.2, 0.25) is 5.78 Å². The summed E-state index contributed by atoms with van der Waals surface area (Å²) in [5.74, 6) is 0.540. The Morgan fingerprint density at radius 3 is 2.41 bits per heavy atom. The van der Waals surface area contributed by atoms with Gasteiger partial charge in [-0.3, -0.25) is 14.4 Å². The van der Waals surface area contributed by atoms with Gasteiger partial charge in [0.05, 0.1) is 26.9 Å². The highest BCUT2D eigenvalue weighted by molar-refractivity contribution is 6.14. The van der Waals surface area contributed by atoms with Crippen LogP contribution in [0.1, 0.15) is 28.8 Å². The van der Waals surface area contributed by atoms with E-state index in [9.17, 15) is 14.4 Å². The van der Waals surface area contributed by atoms with Crippen LogP contribution < -0.4 is 29.0 Å². The van der Waals surface area contributed by atoms with Crippen LogP contribution in [-0.4, -0.2) is 57.2 Å². The lowest BCUT2D eigenvalue weighted by Crippen LogP contribution is -2.29. The third-order valence-electron chi connectivity index (χ3n) is 4.92. The Morgan fingerprint density at radius 1 is 1.03 bits per heavy atom. The number of hydrogen-bond donors (Lipinski definition) is 2. The highest BCUT2D eigenvalue weighted by atomic mass is 16.5. The van der Waals surface area contributed by atoms with Crippen LogP contribution in [-0.2, 0) is 9.59 Å². The third-order valence-corrected chi connectivity index (χ3v) is 4.92. The number of carboxylic acids is 1. The molecule has 10 heteroatoms. The number of hydrogen-bond acceptors (Lipinski definition) is 8. The van der Waals surface area contributed by atoms with Crippen molar-refractivity contribution in [3.8, 4) is 28.7 Å².